The lowest BCUT2D eigenvalue weighted by Crippen LogP contribution is -2.45. The summed E-state index contributed by atoms with van der Waals surface area (Å²) in [6, 6.07) is 5.35. The molecule has 0 aliphatic carbocycles. The Labute approximate surface area is 242 Å². The minimum Gasteiger partial charge on any atom is -0.369 e. The van der Waals surface area contributed by atoms with Crippen LogP contribution in [0.4, 0.5) is 17.5 Å². The summed E-state index contributed by atoms with van der Waals surface area (Å²) in [6.45, 7) is 5.70. The van der Waals surface area contributed by atoms with Gasteiger partial charge in [0.05, 0.1) is 17.3 Å². The Morgan fingerprint density at radius 2 is 2.00 bits per heavy atom. The van der Waals surface area contributed by atoms with Crippen molar-refractivity contribution in [3.05, 3.63) is 48.3 Å². The second-order valence-corrected chi connectivity index (χ2v) is 10.1. The molecule has 1 atom stereocenters. The highest BCUT2D eigenvalue weighted by Crippen LogP contribution is 2.21. The summed E-state index contributed by atoms with van der Waals surface area (Å²) in [6.07, 6.45) is 9.18. The van der Waals surface area contributed by atoms with Crippen molar-refractivity contribution in [3.63, 3.8) is 0 Å². The van der Waals surface area contributed by atoms with Gasteiger partial charge in [0.1, 0.15) is 11.9 Å². The van der Waals surface area contributed by atoms with Crippen LogP contribution < -0.4 is 16.0 Å². The van der Waals surface area contributed by atoms with Crippen LogP contribution in [0.15, 0.2) is 42.7 Å². The van der Waals surface area contributed by atoms with Gasteiger partial charge in [-0.3, -0.25) is 14.3 Å². The van der Waals surface area contributed by atoms with Gasteiger partial charge < -0.3 is 25.8 Å². The molecule has 0 radical (unpaired) electrons. The number of unbranched alkanes of at least 4 members (excludes halogenated alkanes) is 1. The Hall–Kier alpha value is -4.43. The number of carbonyl (C=O) groups excluding carboxylic acids is 2. The number of fused-ring (bicyclic) bond motifs is 1. The molecule has 11 nitrogen and oxygen atoms in total. The zero-order valence-corrected chi connectivity index (χ0v) is 24.9. The van der Waals surface area contributed by atoms with Crippen LogP contribution in [0.3, 0.4) is 0 Å². The highest BCUT2D eigenvalue weighted by atomic mass is 16.2. The van der Waals surface area contributed by atoms with E-state index in [9.17, 15) is 9.59 Å². The lowest BCUT2D eigenvalue weighted by atomic mass is 10.2. The van der Waals surface area contributed by atoms with E-state index < -0.39 is 6.04 Å². The summed E-state index contributed by atoms with van der Waals surface area (Å²) in [5.74, 6) is 7.07. The summed E-state index contributed by atoms with van der Waals surface area (Å²) in [7, 11) is 7.38. The first kappa shape index (κ1) is 31.1. The van der Waals surface area contributed by atoms with Crippen LogP contribution in [0.5, 0.6) is 0 Å². The molecule has 218 valence electrons. The fourth-order valence-electron chi connectivity index (χ4n) is 3.81. The predicted octanol–water partition coefficient (Wildman–Crippen LogP) is 3.14. The van der Waals surface area contributed by atoms with E-state index in [1.807, 2.05) is 50.4 Å². The van der Waals surface area contributed by atoms with Gasteiger partial charge >= 0.3 is 0 Å². The van der Waals surface area contributed by atoms with E-state index in [-0.39, 0.29) is 11.8 Å². The van der Waals surface area contributed by atoms with Crippen molar-refractivity contribution in [2.24, 2.45) is 7.05 Å². The Morgan fingerprint density at radius 3 is 2.76 bits per heavy atom. The summed E-state index contributed by atoms with van der Waals surface area (Å²) in [4.78, 5) is 37.3. The molecule has 41 heavy (non-hydrogen) atoms. The summed E-state index contributed by atoms with van der Waals surface area (Å²) in [5.41, 5.74) is 2.51. The average Bonchev–Trinajstić information content (AvgIpc) is 3.32. The number of aryl methyl sites for hydroxylation is 1. The van der Waals surface area contributed by atoms with E-state index in [2.05, 4.69) is 49.8 Å². The van der Waals surface area contributed by atoms with Crippen molar-refractivity contribution < 1.29 is 9.59 Å². The normalized spacial score (nSPS) is 11.8. The number of amides is 2. The van der Waals surface area contributed by atoms with Gasteiger partial charge in [0.25, 0.3) is 0 Å². The van der Waals surface area contributed by atoms with Crippen molar-refractivity contribution >= 4 is 40.2 Å². The van der Waals surface area contributed by atoms with Crippen LogP contribution in [0.2, 0.25) is 0 Å². The Morgan fingerprint density at radius 1 is 1.20 bits per heavy atom. The van der Waals surface area contributed by atoms with E-state index in [1.165, 1.54) is 11.0 Å². The van der Waals surface area contributed by atoms with Crippen LogP contribution in [0.1, 0.15) is 38.7 Å². The molecule has 0 unspecified atom stereocenters. The van der Waals surface area contributed by atoms with E-state index in [1.54, 1.807) is 30.9 Å². The van der Waals surface area contributed by atoms with Crippen LogP contribution in [-0.2, 0) is 16.6 Å². The van der Waals surface area contributed by atoms with Crippen molar-refractivity contribution in [1.29, 1.82) is 0 Å². The number of hydrogen-bond donors (Lipinski definition) is 3. The molecule has 1 aromatic carbocycles. The first-order valence-corrected chi connectivity index (χ1v) is 13.8. The van der Waals surface area contributed by atoms with Crippen LogP contribution in [-0.4, -0.2) is 88.2 Å². The zero-order valence-electron chi connectivity index (χ0n) is 24.9. The number of likely N-dealkylation sites (N-methyl/N-ethyl adjacent to an activating group) is 2. The summed E-state index contributed by atoms with van der Waals surface area (Å²) in [5, 5.41) is 14.9. The SMILES string of the molecule is CCCNc1nc(Nc2ccc3nn(C)cc3c2)ncc1C#CCCCNC(=O)[C@H](C)N(C)C(=O)C=CCN(C)C. The minimum atomic E-state index is -0.569. The maximum atomic E-state index is 12.5. The maximum Gasteiger partial charge on any atom is 0.246 e. The number of nitrogens with zero attached hydrogens (tertiary/aromatic N) is 6. The van der Waals surface area contributed by atoms with Crippen molar-refractivity contribution in [3.8, 4) is 11.8 Å². The molecule has 11 heteroatoms. The van der Waals surface area contributed by atoms with E-state index in [4.69, 9.17) is 0 Å². The molecule has 2 amide bonds. The second kappa shape index (κ2) is 15.4. The number of anilines is 3. The number of aromatic nitrogens is 4. The van der Waals surface area contributed by atoms with Gasteiger partial charge in [-0.1, -0.05) is 24.8 Å². The van der Waals surface area contributed by atoms with Gasteiger partial charge in [0.2, 0.25) is 17.8 Å². The van der Waals surface area contributed by atoms with Crippen LogP contribution >= 0.6 is 0 Å². The molecule has 3 rings (SSSR count). The van der Waals surface area contributed by atoms with Gasteiger partial charge in [0, 0.05) is 63.5 Å². The quantitative estimate of drug-likeness (QED) is 0.166. The third-order valence-corrected chi connectivity index (χ3v) is 6.25. The van der Waals surface area contributed by atoms with Gasteiger partial charge in [-0.2, -0.15) is 10.1 Å². The number of carbonyl (C=O) groups is 2. The lowest BCUT2D eigenvalue weighted by molar-refractivity contribution is -0.135. The molecule has 3 aromatic rings. The largest absolute Gasteiger partial charge is 0.369 e. The minimum absolute atomic E-state index is 0.194. The third kappa shape index (κ3) is 9.61. The molecule has 0 aliphatic heterocycles. The molecular formula is C30H41N9O2. The molecule has 0 saturated carbocycles. The van der Waals surface area contributed by atoms with Gasteiger partial charge in [-0.25, -0.2) is 4.98 Å². The molecule has 0 fully saturated rings. The first-order valence-electron chi connectivity index (χ1n) is 13.8. The molecule has 0 saturated heterocycles. The number of rotatable bonds is 13. The average molecular weight is 560 g/mol. The van der Waals surface area contributed by atoms with E-state index in [0.717, 1.165) is 29.6 Å². The fourth-order valence-corrected chi connectivity index (χ4v) is 3.81. The third-order valence-electron chi connectivity index (χ3n) is 6.25. The molecule has 0 spiro atoms. The highest BCUT2D eigenvalue weighted by Gasteiger charge is 2.20. The van der Waals surface area contributed by atoms with Crippen molar-refractivity contribution in [1.82, 2.24) is 34.9 Å². The molecule has 0 bridgehead atoms. The number of benzene rings is 1. The van der Waals surface area contributed by atoms with E-state index >= 15 is 0 Å². The zero-order chi connectivity index (χ0) is 29.8. The number of hydrogen-bond acceptors (Lipinski definition) is 8. The topological polar surface area (TPSA) is 120 Å². The van der Waals surface area contributed by atoms with Crippen LogP contribution in [0, 0.1) is 11.8 Å². The monoisotopic (exact) mass is 559 g/mol. The standard InChI is InChI=1S/C30H41N9O2/c1-7-16-31-28-23(20-33-30(35-28)34-25-14-15-26-24(19-25)21-38(5)36-26)12-9-8-10-17-32-29(41)22(2)39(6)27(40)13-11-18-37(3)4/h11,13-15,19-22H,7-8,10,16-18H2,1-6H3,(H,32,41)(H2,31,33,34,35)/t22-/m0/s1. The smallest absolute Gasteiger partial charge is 0.246 e. The van der Waals surface area contributed by atoms with Crippen molar-refractivity contribution in [2.75, 3.05) is 51.4 Å². The van der Waals surface area contributed by atoms with Crippen molar-refractivity contribution in [2.45, 2.75) is 39.2 Å². The van der Waals surface area contributed by atoms with E-state index in [0.29, 0.717) is 43.3 Å². The van der Waals surface area contributed by atoms with Crippen LogP contribution in [0.25, 0.3) is 10.9 Å². The first-order chi connectivity index (χ1) is 19.7. The Balaban J connectivity index is 1.52. The Bertz CT molecular complexity index is 1420. The Kier molecular flexibility index (Phi) is 11.7. The second-order valence-electron chi connectivity index (χ2n) is 10.1. The summed E-state index contributed by atoms with van der Waals surface area (Å²) < 4.78 is 1.79. The number of nitrogens with one attached hydrogen (secondary N) is 3. The molecule has 0 aliphatic rings. The highest BCUT2D eigenvalue weighted by molar-refractivity contribution is 5.92. The molecular weight excluding hydrogens is 518 g/mol. The van der Waals surface area contributed by atoms with Gasteiger partial charge in [0.15, 0.2) is 0 Å². The molecule has 3 N–H and O–H groups in total. The molecule has 2 aromatic heterocycles. The molecule has 2 heterocycles. The lowest BCUT2D eigenvalue weighted by Gasteiger charge is -2.23. The summed E-state index contributed by atoms with van der Waals surface area (Å²) >= 11 is 0. The predicted molar refractivity (Wildman–Crippen MR) is 164 cm³/mol. The maximum absolute atomic E-state index is 12.5. The van der Waals surface area contributed by atoms with Gasteiger partial charge in [-0.05, 0) is 52.1 Å². The van der Waals surface area contributed by atoms with Gasteiger partial charge in [-0.15, -0.1) is 0 Å². The fraction of sp³-hybridized carbons (Fsp3) is 0.433.